The molecule has 4 nitrogen and oxygen atoms in total. The largest absolute Gasteiger partial charge is 0.478 e. The molecule has 0 saturated heterocycles. The molecule has 2 heterocycles. The number of furan rings is 1. The first-order valence-corrected chi connectivity index (χ1v) is 5.39. The van der Waals surface area contributed by atoms with Crippen LogP contribution in [0.5, 0.6) is 0 Å². The molecule has 0 atom stereocenters. The summed E-state index contributed by atoms with van der Waals surface area (Å²) in [5, 5.41) is 8.99. The quantitative estimate of drug-likeness (QED) is 0.886. The van der Waals surface area contributed by atoms with Crippen molar-refractivity contribution in [2.45, 2.75) is 16.7 Å². The number of aryl methyl sites for hydroxylation is 1. The van der Waals surface area contributed by atoms with E-state index in [1.807, 2.05) is 13.0 Å². The first-order chi connectivity index (χ1) is 7.68. The Morgan fingerprint density at radius 1 is 1.44 bits per heavy atom. The molecule has 0 aliphatic carbocycles. The molecule has 0 unspecified atom stereocenters. The van der Waals surface area contributed by atoms with E-state index in [-0.39, 0.29) is 5.56 Å². The Morgan fingerprint density at radius 2 is 2.25 bits per heavy atom. The lowest BCUT2D eigenvalue weighted by Crippen LogP contribution is -1.99. The van der Waals surface area contributed by atoms with Gasteiger partial charge in [-0.25, -0.2) is 4.79 Å². The molecular weight excluding hydrogens is 226 g/mol. The molecule has 0 amide bonds. The molecule has 2 aromatic heterocycles. The predicted octanol–water partition coefficient (Wildman–Crippen LogP) is 2.83. The summed E-state index contributed by atoms with van der Waals surface area (Å²) in [6.07, 6.45) is 4.50. The molecule has 2 rings (SSSR count). The van der Waals surface area contributed by atoms with Crippen molar-refractivity contribution >= 4 is 17.7 Å². The highest BCUT2D eigenvalue weighted by molar-refractivity contribution is 7.99. The maximum Gasteiger partial charge on any atom is 0.338 e. The number of carboxylic acid groups (broad SMARTS) is 1. The summed E-state index contributed by atoms with van der Waals surface area (Å²) in [5.74, 6) is -0.199. The zero-order valence-corrected chi connectivity index (χ0v) is 9.32. The van der Waals surface area contributed by atoms with Gasteiger partial charge in [0, 0.05) is 17.3 Å². The minimum atomic E-state index is -0.975. The Balaban J connectivity index is 2.35. The first kappa shape index (κ1) is 10.8. The fraction of sp³-hybridized carbons (Fsp3) is 0.0909. The van der Waals surface area contributed by atoms with Crippen molar-refractivity contribution in [2.24, 2.45) is 0 Å². The summed E-state index contributed by atoms with van der Waals surface area (Å²) in [6.45, 7) is 1.84. The Bertz CT molecular complexity index is 521. The van der Waals surface area contributed by atoms with Crippen LogP contribution in [0, 0.1) is 6.92 Å². The van der Waals surface area contributed by atoms with Crippen LogP contribution in [-0.2, 0) is 0 Å². The van der Waals surface area contributed by atoms with Gasteiger partial charge in [-0.3, -0.25) is 4.98 Å². The third-order valence-corrected chi connectivity index (χ3v) is 3.26. The second kappa shape index (κ2) is 4.40. The highest BCUT2D eigenvalue weighted by atomic mass is 32.2. The molecule has 0 saturated carbocycles. The number of pyridine rings is 1. The van der Waals surface area contributed by atoms with Crippen molar-refractivity contribution in [2.75, 3.05) is 0 Å². The Hall–Kier alpha value is -1.75. The molecule has 0 bridgehead atoms. The zero-order chi connectivity index (χ0) is 11.5. The standard InChI is InChI=1S/C11H9NO3S/c1-7-9(3-5-15-7)16-10-2-4-12-6-8(10)11(13)14/h2-6H,1H3,(H,13,14). The van der Waals surface area contributed by atoms with Gasteiger partial charge in [0.25, 0.3) is 0 Å². The summed E-state index contributed by atoms with van der Waals surface area (Å²) in [7, 11) is 0. The van der Waals surface area contributed by atoms with Gasteiger partial charge in [-0.1, -0.05) is 11.8 Å². The van der Waals surface area contributed by atoms with Crippen LogP contribution in [0.2, 0.25) is 0 Å². The van der Waals surface area contributed by atoms with Crippen molar-refractivity contribution in [1.82, 2.24) is 4.98 Å². The number of nitrogens with zero attached hydrogens (tertiary/aromatic N) is 1. The van der Waals surface area contributed by atoms with Gasteiger partial charge in [0.1, 0.15) is 5.76 Å². The lowest BCUT2D eigenvalue weighted by Gasteiger charge is -2.03. The van der Waals surface area contributed by atoms with E-state index in [1.54, 1.807) is 18.5 Å². The number of rotatable bonds is 3. The maximum absolute atomic E-state index is 11.0. The Kier molecular flexibility index (Phi) is 2.96. The van der Waals surface area contributed by atoms with E-state index in [0.29, 0.717) is 4.90 Å². The van der Waals surface area contributed by atoms with Crippen LogP contribution in [0.25, 0.3) is 0 Å². The third-order valence-electron chi connectivity index (χ3n) is 2.04. The maximum atomic E-state index is 11.0. The van der Waals surface area contributed by atoms with E-state index >= 15 is 0 Å². The average Bonchev–Trinajstić information content (AvgIpc) is 2.65. The molecule has 0 aromatic carbocycles. The van der Waals surface area contributed by atoms with Gasteiger partial charge in [-0.05, 0) is 19.1 Å². The van der Waals surface area contributed by atoms with E-state index < -0.39 is 5.97 Å². The van der Waals surface area contributed by atoms with Crippen LogP contribution in [0.1, 0.15) is 16.1 Å². The minimum absolute atomic E-state index is 0.202. The molecule has 0 radical (unpaired) electrons. The molecule has 16 heavy (non-hydrogen) atoms. The second-order valence-electron chi connectivity index (χ2n) is 3.12. The van der Waals surface area contributed by atoms with Gasteiger partial charge in [0.2, 0.25) is 0 Å². The van der Waals surface area contributed by atoms with Crippen molar-refractivity contribution < 1.29 is 14.3 Å². The fourth-order valence-corrected chi connectivity index (χ4v) is 2.16. The second-order valence-corrected chi connectivity index (χ2v) is 4.20. The predicted molar refractivity (Wildman–Crippen MR) is 58.8 cm³/mol. The van der Waals surface area contributed by atoms with Gasteiger partial charge < -0.3 is 9.52 Å². The topological polar surface area (TPSA) is 63.3 Å². The summed E-state index contributed by atoms with van der Waals surface area (Å²) in [4.78, 5) is 16.3. The molecule has 1 N–H and O–H groups in total. The van der Waals surface area contributed by atoms with E-state index in [1.165, 1.54) is 18.0 Å². The molecule has 0 aliphatic rings. The number of carbonyl (C=O) groups is 1. The zero-order valence-electron chi connectivity index (χ0n) is 8.51. The van der Waals surface area contributed by atoms with Crippen molar-refractivity contribution in [1.29, 1.82) is 0 Å². The molecule has 0 aliphatic heterocycles. The van der Waals surface area contributed by atoms with Crippen molar-refractivity contribution in [3.63, 3.8) is 0 Å². The lowest BCUT2D eigenvalue weighted by atomic mass is 10.3. The number of carboxylic acids is 1. The van der Waals surface area contributed by atoms with Crippen molar-refractivity contribution in [3.05, 3.63) is 42.1 Å². The van der Waals surface area contributed by atoms with Crippen LogP contribution >= 0.6 is 11.8 Å². The third kappa shape index (κ3) is 2.09. The molecular formula is C11H9NO3S. The van der Waals surface area contributed by atoms with Gasteiger partial charge in [-0.15, -0.1) is 0 Å². The van der Waals surface area contributed by atoms with Crippen LogP contribution in [0.3, 0.4) is 0 Å². The molecule has 0 fully saturated rings. The molecule has 2 aromatic rings. The molecule has 5 heteroatoms. The number of hydrogen-bond donors (Lipinski definition) is 1. The summed E-state index contributed by atoms with van der Waals surface area (Å²) < 4.78 is 5.15. The van der Waals surface area contributed by atoms with E-state index in [4.69, 9.17) is 9.52 Å². The van der Waals surface area contributed by atoms with E-state index in [0.717, 1.165) is 10.7 Å². The Morgan fingerprint density at radius 3 is 2.88 bits per heavy atom. The highest BCUT2D eigenvalue weighted by Gasteiger charge is 2.12. The lowest BCUT2D eigenvalue weighted by molar-refractivity contribution is 0.0692. The highest BCUT2D eigenvalue weighted by Crippen LogP contribution is 2.32. The Labute approximate surface area is 96.3 Å². The monoisotopic (exact) mass is 235 g/mol. The van der Waals surface area contributed by atoms with E-state index in [9.17, 15) is 4.79 Å². The van der Waals surface area contributed by atoms with Crippen LogP contribution in [0.15, 0.2) is 45.0 Å². The van der Waals surface area contributed by atoms with Gasteiger partial charge >= 0.3 is 5.97 Å². The average molecular weight is 235 g/mol. The van der Waals surface area contributed by atoms with Crippen LogP contribution < -0.4 is 0 Å². The SMILES string of the molecule is Cc1occc1Sc1ccncc1C(=O)O. The van der Waals surface area contributed by atoms with Gasteiger partial charge in [-0.2, -0.15) is 0 Å². The first-order valence-electron chi connectivity index (χ1n) is 4.57. The minimum Gasteiger partial charge on any atom is -0.478 e. The molecule has 0 spiro atoms. The summed E-state index contributed by atoms with van der Waals surface area (Å²) >= 11 is 1.36. The normalized spacial score (nSPS) is 10.3. The number of aromatic nitrogens is 1. The van der Waals surface area contributed by atoms with E-state index in [2.05, 4.69) is 4.98 Å². The number of hydrogen-bond acceptors (Lipinski definition) is 4. The van der Waals surface area contributed by atoms with Crippen LogP contribution in [-0.4, -0.2) is 16.1 Å². The fourth-order valence-electron chi connectivity index (χ4n) is 1.23. The number of aromatic carboxylic acids is 1. The van der Waals surface area contributed by atoms with Gasteiger partial charge in [0.05, 0.1) is 16.7 Å². The van der Waals surface area contributed by atoms with Crippen LogP contribution in [0.4, 0.5) is 0 Å². The van der Waals surface area contributed by atoms with Gasteiger partial charge in [0.15, 0.2) is 0 Å². The smallest absolute Gasteiger partial charge is 0.338 e. The summed E-state index contributed by atoms with van der Waals surface area (Å²) in [5.41, 5.74) is 0.202. The molecule has 82 valence electrons. The summed E-state index contributed by atoms with van der Waals surface area (Å²) in [6, 6.07) is 3.49. The van der Waals surface area contributed by atoms with Crippen molar-refractivity contribution in [3.8, 4) is 0 Å².